The fourth-order valence-electron chi connectivity index (χ4n) is 3.31. The van der Waals surface area contributed by atoms with Crippen LogP contribution in [0.3, 0.4) is 0 Å². The number of para-hydroxylation sites is 1. The first-order chi connectivity index (χ1) is 13.3. The summed E-state index contributed by atoms with van der Waals surface area (Å²) in [7, 11) is 0. The third kappa shape index (κ3) is 4.61. The van der Waals surface area contributed by atoms with E-state index in [1.807, 2.05) is 39.0 Å². The predicted octanol–water partition coefficient (Wildman–Crippen LogP) is 4.50. The Hall–Kier alpha value is -2.63. The summed E-state index contributed by atoms with van der Waals surface area (Å²) in [5, 5.41) is 0. The summed E-state index contributed by atoms with van der Waals surface area (Å²) in [5.74, 6) is 1.23. The number of hydrogen-bond donors (Lipinski definition) is 1. The Morgan fingerprint density at radius 3 is 2.39 bits per heavy atom. The predicted molar refractivity (Wildman–Crippen MR) is 113 cm³/mol. The lowest BCUT2D eigenvalue weighted by molar-refractivity contribution is 0.0765. The highest BCUT2D eigenvalue weighted by Crippen LogP contribution is 2.32. The van der Waals surface area contributed by atoms with Crippen LogP contribution in [-0.4, -0.2) is 33.9 Å². The van der Waals surface area contributed by atoms with Crippen molar-refractivity contribution in [1.82, 2.24) is 14.9 Å². The van der Waals surface area contributed by atoms with Crippen LogP contribution in [0.1, 0.15) is 80.4 Å². The number of rotatable bonds is 8. The number of aryl methyl sites for hydroxylation is 1. The lowest BCUT2D eigenvalue weighted by atomic mass is 9.97. The molecule has 0 spiro atoms. The Morgan fingerprint density at radius 1 is 1.14 bits per heavy atom. The monoisotopic (exact) mass is 384 g/mol. The number of ether oxygens (including phenoxy) is 1. The van der Waals surface area contributed by atoms with Gasteiger partial charge in [-0.3, -0.25) is 4.79 Å². The lowest BCUT2D eigenvalue weighted by Gasteiger charge is -2.24. The van der Waals surface area contributed by atoms with Crippen LogP contribution in [0.15, 0.2) is 24.3 Å². The summed E-state index contributed by atoms with van der Waals surface area (Å²) in [5.41, 5.74) is 8.62. The van der Waals surface area contributed by atoms with E-state index in [1.165, 1.54) is 0 Å². The molecule has 152 valence electrons. The summed E-state index contributed by atoms with van der Waals surface area (Å²) >= 11 is 0. The first-order valence-corrected chi connectivity index (χ1v) is 10.0. The topological polar surface area (TPSA) is 81.3 Å². The van der Waals surface area contributed by atoms with Crippen LogP contribution in [0, 0.1) is 6.92 Å². The zero-order chi connectivity index (χ0) is 20.8. The van der Waals surface area contributed by atoms with Crippen LogP contribution in [0.2, 0.25) is 0 Å². The van der Waals surface area contributed by atoms with Crippen LogP contribution >= 0.6 is 0 Å². The molecule has 1 heterocycles. The standard InChI is InChI=1S/C22H32N4O2/c1-7-14(4)17-12-10-11-13-18(17)28-16(6)20-19(15(5)24-22(23)25-20)21(27)26(8-2)9-3/h10-14,16H,7-9H2,1-6H3,(H2,23,24,25). The Bertz CT molecular complexity index is 818. The van der Waals surface area contributed by atoms with E-state index in [9.17, 15) is 4.79 Å². The molecule has 0 aliphatic heterocycles. The molecule has 2 aromatic rings. The van der Waals surface area contributed by atoms with Gasteiger partial charge in [0.25, 0.3) is 5.91 Å². The Balaban J connectivity index is 2.46. The largest absolute Gasteiger partial charge is 0.484 e. The smallest absolute Gasteiger partial charge is 0.257 e. The number of carbonyl (C=O) groups excluding carboxylic acids is 1. The highest BCUT2D eigenvalue weighted by atomic mass is 16.5. The maximum absolute atomic E-state index is 13.1. The van der Waals surface area contributed by atoms with Gasteiger partial charge in [0.05, 0.1) is 17.0 Å². The average molecular weight is 385 g/mol. The van der Waals surface area contributed by atoms with Crippen molar-refractivity contribution >= 4 is 11.9 Å². The van der Waals surface area contributed by atoms with Gasteiger partial charge in [0.1, 0.15) is 11.9 Å². The van der Waals surface area contributed by atoms with Gasteiger partial charge in [0, 0.05) is 13.1 Å². The van der Waals surface area contributed by atoms with E-state index in [0.717, 1.165) is 17.7 Å². The average Bonchev–Trinajstić information content (AvgIpc) is 2.68. The van der Waals surface area contributed by atoms with Gasteiger partial charge in [0.2, 0.25) is 5.95 Å². The molecule has 28 heavy (non-hydrogen) atoms. The quantitative estimate of drug-likeness (QED) is 0.724. The number of nitrogen functional groups attached to an aromatic ring is 1. The van der Waals surface area contributed by atoms with Crippen molar-refractivity contribution in [1.29, 1.82) is 0 Å². The van der Waals surface area contributed by atoms with E-state index >= 15 is 0 Å². The summed E-state index contributed by atoms with van der Waals surface area (Å²) < 4.78 is 6.29. The van der Waals surface area contributed by atoms with Crippen molar-refractivity contribution < 1.29 is 9.53 Å². The number of benzene rings is 1. The molecule has 2 atom stereocenters. The second kappa shape index (κ2) is 9.53. The van der Waals surface area contributed by atoms with Crippen molar-refractivity contribution in [2.24, 2.45) is 0 Å². The van der Waals surface area contributed by atoms with Gasteiger partial charge in [0.15, 0.2) is 0 Å². The third-order valence-electron chi connectivity index (χ3n) is 5.15. The lowest BCUT2D eigenvalue weighted by Crippen LogP contribution is -2.33. The zero-order valence-electron chi connectivity index (χ0n) is 17.8. The van der Waals surface area contributed by atoms with E-state index in [-0.39, 0.29) is 11.9 Å². The summed E-state index contributed by atoms with van der Waals surface area (Å²) in [6, 6.07) is 8.01. The number of aromatic nitrogens is 2. The number of nitrogens with two attached hydrogens (primary N) is 1. The van der Waals surface area contributed by atoms with Crippen LogP contribution in [0.25, 0.3) is 0 Å². The SMILES string of the molecule is CCC(C)c1ccccc1OC(C)c1nc(N)nc(C)c1C(=O)N(CC)CC. The number of nitrogens with zero attached hydrogens (tertiary/aromatic N) is 3. The van der Waals surface area contributed by atoms with E-state index in [4.69, 9.17) is 10.5 Å². The van der Waals surface area contributed by atoms with E-state index in [0.29, 0.717) is 36.0 Å². The molecule has 2 unspecified atom stereocenters. The molecule has 0 aliphatic carbocycles. The second-order valence-electron chi connectivity index (χ2n) is 7.01. The molecule has 1 aromatic carbocycles. The molecule has 0 bridgehead atoms. The maximum atomic E-state index is 13.1. The normalized spacial score (nSPS) is 13.1. The fraction of sp³-hybridized carbons (Fsp3) is 0.500. The van der Waals surface area contributed by atoms with Crippen LogP contribution in [0.4, 0.5) is 5.95 Å². The zero-order valence-corrected chi connectivity index (χ0v) is 17.8. The molecule has 2 rings (SSSR count). The number of amides is 1. The van der Waals surface area contributed by atoms with Gasteiger partial charge in [-0.2, -0.15) is 0 Å². The number of carbonyl (C=O) groups is 1. The molecular formula is C22H32N4O2. The van der Waals surface area contributed by atoms with E-state index < -0.39 is 6.10 Å². The molecule has 0 saturated heterocycles. The van der Waals surface area contributed by atoms with Crippen molar-refractivity contribution in [3.05, 3.63) is 46.8 Å². The molecule has 0 fully saturated rings. The second-order valence-corrected chi connectivity index (χ2v) is 7.01. The molecule has 6 heteroatoms. The maximum Gasteiger partial charge on any atom is 0.257 e. The first-order valence-electron chi connectivity index (χ1n) is 10.0. The van der Waals surface area contributed by atoms with Crippen molar-refractivity contribution in [2.45, 2.75) is 60.0 Å². The first kappa shape index (κ1) is 21.7. The molecule has 2 N–H and O–H groups in total. The Labute approximate surface area is 168 Å². The highest BCUT2D eigenvalue weighted by Gasteiger charge is 2.26. The highest BCUT2D eigenvalue weighted by molar-refractivity contribution is 5.96. The molecule has 1 aromatic heterocycles. The minimum atomic E-state index is -0.441. The van der Waals surface area contributed by atoms with Gasteiger partial charge >= 0.3 is 0 Å². The molecule has 0 aliphatic rings. The van der Waals surface area contributed by atoms with Gasteiger partial charge < -0.3 is 15.4 Å². The van der Waals surface area contributed by atoms with Crippen molar-refractivity contribution in [2.75, 3.05) is 18.8 Å². The molecule has 0 saturated carbocycles. The number of anilines is 1. The van der Waals surface area contributed by atoms with Crippen LogP contribution in [0.5, 0.6) is 5.75 Å². The van der Waals surface area contributed by atoms with Crippen molar-refractivity contribution in [3.8, 4) is 5.75 Å². The van der Waals surface area contributed by atoms with Gasteiger partial charge in [-0.1, -0.05) is 32.0 Å². The van der Waals surface area contributed by atoms with Crippen LogP contribution in [-0.2, 0) is 0 Å². The minimum Gasteiger partial charge on any atom is -0.484 e. The molecule has 0 radical (unpaired) electrons. The minimum absolute atomic E-state index is 0.0943. The van der Waals surface area contributed by atoms with Gasteiger partial charge in [-0.25, -0.2) is 9.97 Å². The summed E-state index contributed by atoms with van der Waals surface area (Å²) in [6.45, 7) is 13.2. The van der Waals surface area contributed by atoms with Gasteiger partial charge in [-0.15, -0.1) is 0 Å². The number of hydrogen-bond acceptors (Lipinski definition) is 5. The van der Waals surface area contributed by atoms with Crippen LogP contribution < -0.4 is 10.5 Å². The molecule has 6 nitrogen and oxygen atoms in total. The fourth-order valence-corrected chi connectivity index (χ4v) is 3.31. The van der Waals surface area contributed by atoms with E-state index in [1.54, 1.807) is 11.8 Å². The third-order valence-corrected chi connectivity index (χ3v) is 5.15. The summed E-state index contributed by atoms with van der Waals surface area (Å²) in [6.07, 6.45) is 0.573. The summed E-state index contributed by atoms with van der Waals surface area (Å²) in [4.78, 5) is 23.5. The Morgan fingerprint density at radius 2 is 1.79 bits per heavy atom. The van der Waals surface area contributed by atoms with Gasteiger partial charge in [-0.05, 0) is 51.7 Å². The molecular weight excluding hydrogens is 352 g/mol. The molecule has 1 amide bonds. The van der Waals surface area contributed by atoms with Crippen molar-refractivity contribution in [3.63, 3.8) is 0 Å². The van der Waals surface area contributed by atoms with E-state index in [2.05, 4.69) is 29.9 Å². The Kier molecular flexibility index (Phi) is 7.38.